The van der Waals surface area contributed by atoms with Crippen LogP contribution in [0.1, 0.15) is 37.3 Å². The van der Waals surface area contributed by atoms with Crippen molar-refractivity contribution < 1.29 is 4.79 Å². The summed E-state index contributed by atoms with van der Waals surface area (Å²) in [6, 6.07) is 2.02. The first-order chi connectivity index (χ1) is 13.9. The average molecular weight is 396 g/mol. The lowest BCUT2D eigenvalue weighted by molar-refractivity contribution is -0.143. The van der Waals surface area contributed by atoms with E-state index in [1.807, 2.05) is 36.2 Å². The van der Waals surface area contributed by atoms with Gasteiger partial charge in [0.25, 0.3) is 0 Å². The molecule has 0 saturated carbocycles. The summed E-state index contributed by atoms with van der Waals surface area (Å²) in [4.78, 5) is 28.1. The van der Waals surface area contributed by atoms with Crippen molar-refractivity contribution in [2.45, 2.75) is 37.3 Å². The van der Waals surface area contributed by atoms with Crippen molar-refractivity contribution >= 4 is 11.9 Å². The predicted molar refractivity (Wildman–Crippen MR) is 110 cm³/mol. The zero-order valence-electron chi connectivity index (χ0n) is 17.5. The molecule has 3 aliphatic rings. The predicted octanol–water partition coefficient (Wildman–Crippen LogP) is 1.76. The van der Waals surface area contributed by atoms with Crippen molar-refractivity contribution in [3.63, 3.8) is 0 Å². The Morgan fingerprint density at radius 3 is 2.72 bits per heavy atom. The van der Waals surface area contributed by atoms with Gasteiger partial charge < -0.3 is 14.7 Å². The maximum Gasteiger partial charge on any atom is 0.224 e. The first kappa shape index (κ1) is 19.8. The second-order valence-corrected chi connectivity index (χ2v) is 8.92. The molecule has 3 aliphatic heterocycles. The van der Waals surface area contributed by atoms with Crippen LogP contribution in [0.15, 0.2) is 22.5 Å². The molecule has 1 aromatic rings. The Balaban J connectivity index is 1.38. The smallest absolute Gasteiger partial charge is 0.224 e. The van der Waals surface area contributed by atoms with Gasteiger partial charge in [-0.05, 0) is 13.1 Å². The molecular formula is C21H29N7O. The molecule has 1 aromatic heterocycles. The summed E-state index contributed by atoms with van der Waals surface area (Å²) in [6.07, 6.45) is 9.71. The van der Waals surface area contributed by atoms with Gasteiger partial charge in [-0.3, -0.25) is 4.79 Å². The topological polar surface area (TPSA) is 77.3 Å². The van der Waals surface area contributed by atoms with E-state index in [0.29, 0.717) is 25.2 Å². The molecular weight excluding hydrogens is 366 g/mol. The number of hydrogen-bond acceptors (Lipinski definition) is 7. The molecule has 8 nitrogen and oxygen atoms in total. The number of amides is 1. The van der Waals surface area contributed by atoms with Crippen LogP contribution in [0, 0.1) is 17.8 Å². The molecule has 2 fully saturated rings. The normalized spacial score (nSPS) is 23.7. The van der Waals surface area contributed by atoms with E-state index in [-0.39, 0.29) is 17.0 Å². The molecule has 1 atom stereocenters. The van der Waals surface area contributed by atoms with E-state index in [4.69, 9.17) is 11.4 Å². The van der Waals surface area contributed by atoms with Crippen LogP contribution in [0.2, 0.25) is 0 Å². The van der Waals surface area contributed by atoms with Crippen LogP contribution in [-0.4, -0.2) is 78.7 Å². The van der Waals surface area contributed by atoms with Gasteiger partial charge in [-0.2, -0.15) is 10.2 Å². The van der Waals surface area contributed by atoms with E-state index in [1.54, 1.807) is 0 Å². The first-order valence-corrected chi connectivity index (χ1v) is 10.2. The summed E-state index contributed by atoms with van der Waals surface area (Å²) in [6.45, 7) is 3.51. The van der Waals surface area contributed by atoms with Gasteiger partial charge in [0.2, 0.25) is 11.9 Å². The third-order valence-electron chi connectivity index (χ3n) is 6.40. The van der Waals surface area contributed by atoms with Gasteiger partial charge in [0.1, 0.15) is 0 Å². The van der Waals surface area contributed by atoms with Crippen LogP contribution in [0.5, 0.6) is 0 Å². The highest BCUT2D eigenvalue weighted by Gasteiger charge is 2.55. The lowest BCUT2D eigenvalue weighted by Gasteiger charge is -2.51. The van der Waals surface area contributed by atoms with Gasteiger partial charge in [0, 0.05) is 83.5 Å². The van der Waals surface area contributed by atoms with Gasteiger partial charge in [-0.1, -0.05) is 0 Å². The lowest BCUT2D eigenvalue weighted by Crippen LogP contribution is -2.61. The third kappa shape index (κ3) is 3.84. The van der Waals surface area contributed by atoms with E-state index in [2.05, 4.69) is 33.1 Å². The van der Waals surface area contributed by atoms with Crippen molar-refractivity contribution in [2.24, 2.45) is 15.6 Å². The molecule has 1 amide bonds. The van der Waals surface area contributed by atoms with E-state index < -0.39 is 0 Å². The lowest BCUT2D eigenvalue weighted by atomic mass is 9.70. The van der Waals surface area contributed by atoms with Gasteiger partial charge in [-0.25, -0.2) is 9.97 Å². The number of terminal acetylenes is 1. The summed E-state index contributed by atoms with van der Waals surface area (Å²) in [5, 5.41) is 8.27. The van der Waals surface area contributed by atoms with Crippen LogP contribution in [0.4, 0.5) is 5.95 Å². The van der Waals surface area contributed by atoms with Crippen molar-refractivity contribution in [3.05, 3.63) is 18.0 Å². The zero-order valence-corrected chi connectivity index (χ0v) is 17.5. The molecule has 1 unspecified atom stereocenters. The molecule has 0 aromatic carbocycles. The van der Waals surface area contributed by atoms with Gasteiger partial charge in [0.15, 0.2) is 5.66 Å². The number of hydrogen-bond donors (Lipinski definition) is 0. The minimum atomic E-state index is -0.385. The molecule has 0 aliphatic carbocycles. The fourth-order valence-corrected chi connectivity index (χ4v) is 4.74. The highest BCUT2D eigenvalue weighted by atomic mass is 16.2. The fraction of sp³-hybridized carbons (Fsp3) is 0.667. The first-order valence-electron chi connectivity index (χ1n) is 10.2. The summed E-state index contributed by atoms with van der Waals surface area (Å²) in [5.41, 5.74) is 0.770. The van der Waals surface area contributed by atoms with Crippen LogP contribution >= 0.6 is 0 Å². The number of carbonyl (C=O) groups is 1. The zero-order chi connectivity index (χ0) is 20.6. The van der Waals surface area contributed by atoms with Gasteiger partial charge >= 0.3 is 0 Å². The van der Waals surface area contributed by atoms with Crippen molar-refractivity contribution in [1.82, 2.24) is 19.8 Å². The Morgan fingerprint density at radius 1 is 1.31 bits per heavy atom. The third-order valence-corrected chi connectivity index (χ3v) is 6.40. The Kier molecular flexibility index (Phi) is 5.03. The average Bonchev–Trinajstić information content (AvgIpc) is 3.36. The maximum absolute atomic E-state index is 12.7. The summed E-state index contributed by atoms with van der Waals surface area (Å²) < 4.78 is 0. The van der Waals surface area contributed by atoms with Crippen LogP contribution in [0.3, 0.4) is 0 Å². The molecule has 4 rings (SSSR count). The van der Waals surface area contributed by atoms with E-state index in [9.17, 15) is 4.79 Å². The van der Waals surface area contributed by atoms with Crippen LogP contribution in [-0.2, 0) is 4.79 Å². The highest BCUT2D eigenvalue weighted by molar-refractivity contribution is 5.77. The molecule has 1 spiro atoms. The maximum atomic E-state index is 12.7. The van der Waals surface area contributed by atoms with Crippen LogP contribution < -0.4 is 4.90 Å². The number of nitrogens with zero attached hydrogens (tertiary/aromatic N) is 7. The molecule has 0 radical (unpaired) electrons. The fourth-order valence-electron chi connectivity index (χ4n) is 4.74. The molecule has 2 saturated heterocycles. The molecule has 154 valence electrons. The second-order valence-electron chi connectivity index (χ2n) is 8.92. The highest BCUT2D eigenvalue weighted by Crippen LogP contribution is 2.49. The monoisotopic (exact) mass is 395 g/mol. The summed E-state index contributed by atoms with van der Waals surface area (Å²) in [5.74, 6) is 3.87. The number of rotatable bonds is 7. The van der Waals surface area contributed by atoms with Crippen LogP contribution in [0.25, 0.3) is 0 Å². The van der Waals surface area contributed by atoms with Crippen molar-refractivity contribution in [3.8, 4) is 12.3 Å². The molecule has 4 heterocycles. The molecule has 29 heavy (non-hydrogen) atoms. The number of anilines is 1. The minimum absolute atomic E-state index is 0.0812. The Hall–Kier alpha value is -2.53. The second kappa shape index (κ2) is 7.38. The Labute approximate surface area is 172 Å². The Morgan fingerprint density at radius 2 is 2.07 bits per heavy atom. The summed E-state index contributed by atoms with van der Waals surface area (Å²) >= 11 is 0. The minimum Gasteiger partial charge on any atom is -0.347 e. The Bertz CT molecular complexity index is 847. The number of aromatic nitrogens is 2. The van der Waals surface area contributed by atoms with Crippen molar-refractivity contribution in [1.29, 1.82) is 0 Å². The standard InChI is InChI=1S/C21H29N7O/c1-5-6-9-21(24-25-21)10-7-18(29)28-14-20(15-28)13-27(4)12-16(20)17-8-11-22-19(23-17)26(2)3/h1,8,11,16H,6-7,9-10,12-15H2,2-4H3. The van der Waals surface area contributed by atoms with E-state index in [1.165, 1.54) is 0 Å². The number of likely N-dealkylation sites (N-methyl/N-ethyl adjacent to an activating group) is 1. The quantitative estimate of drug-likeness (QED) is 0.658. The molecule has 0 bridgehead atoms. The molecule has 0 N–H and O–H groups in total. The van der Waals surface area contributed by atoms with Crippen molar-refractivity contribution in [2.75, 3.05) is 52.2 Å². The molecule has 8 heteroatoms. The van der Waals surface area contributed by atoms with Gasteiger partial charge in [-0.15, -0.1) is 12.3 Å². The largest absolute Gasteiger partial charge is 0.347 e. The number of likely N-dealkylation sites (tertiary alicyclic amines) is 2. The van der Waals surface area contributed by atoms with Gasteiger partial charge in [0.05, 0.1) is 5.69 Å². The SMILES string of the molecule is C#CCCC1(CCC(=O)N2CC3(CN(C)CC3c3ccnc(N(C)C)n3)C2)N=N1. The van der Waals surface area contributed by atoms with E-state index in [0.717, 1.165) is 44.2 Å². The summed E-state index contributed by atoms with van der Waals surface area (Å²) in [7, 11) is 6.05. The van der Waals surface area contributed by atoms with E-state index >= 15 is 0 Å². The number of carbonyl (C=O) groups excluding carboxylic acids is 1.